The van der Waals surface area contributed by atoms with Crippen LogP contribution in [0.15, 0.2) is 12.4 Å². The third kappa shape index (κ3) is 1.87. The maximum absolute atomic E-state index is 11.0. The molecule has 1 saturated heterocycles. The second kappa shape index (κ2) is 3.90. The van der Waals surface area contributed by atoms with Crippen LogP contribution in [0.5, 0.6) is 5.88 Å². The summed E-state index contributed by atoms with van der Waals surface area (Å²) in [5.41, 5.74) is -1.94. The van der Waals surface area contributed by atoms with Gasteiger partial charge in [0.05, 0.1) is 18.3 Å². The average molecular weight is 252 g/mol. The van der Waals surface area contributed by atoms with Crippen LogP contribution in [0.2, 0.25) is 0 Å². The highest BCUT2D eigenvalue weighted by Crippen LogP contribution is 2.51. The number of hydrogen-bond donors (Lipinski definition) is 1. The van der Waals surface area contributed by atoms with Gasteiger partial charge in [0, 0.05) is 18.8 Å². The topological polar surface area (TPSA) is 64.5 Å². The van der Waals surface area contributed by atoms with E-state index in [9.17, 15) is 5.11 Å². The number of rotatable bonds is 2. The van der Waals surface area contributed by atoms with Gasteiger partial charge in [0.1, 0.15) is 11.3 Å². The molecular formula is C13H20N2O3. The van der Waals surface area contributed by atoms with Crippen LogP contribution in [0.3, 0.4) is 0 Å². The minimum atomic E-state index is -1.21. The Hall–Kier alpha value is -1.20. The first-order chi connectivity index (χ1) is 8.22. The molecule has 1 aliphatic rings. The molecule has 5 nitrogen and oxygen atoms in total. The monoisotopic (exact) mass is 252 g/mol. The molecule has 100 valence electrons. The van der Waals surface area contributed by atoms with E-state index in [0.29, 0.717) is 18.0 Å². The van der Waals surface area contributed by atoms with E-state index in [-0.39, 0.29) is 0 Å². The highest BCUT2D eigenvalue weighted by Gasteiger charge is 2.59. The van der Waals surface area contributed by atoms with Gasteiger partial charge in [-0.3, -0.25) is 4.98 Å². The molecule has 0 aliphatic carbocycles. The zero-order valence-electron chi connectivity index (χ0n) is 11.5. The van der Waals surface area contributed by atoms with Gasteiger partial charge in [0.15, 0.2) is 0 Å². The molecule has 2 heterocycles. The zero-order chi connectivity index (χ0) is 13.6. The molecule has 18 heavy (non-hydrogen) atoms. The molecule has 0 amide bonds. The number of ether oxygens (including phenoxy) is 2. The van der Waals surface area contributed by atoms with Crippen molar-refractivity contribution in [1.82, 2.24) is 9.97 Å². The summed E-state index contributed by atoms with van der Waals surface area (Å²) < 4.78 is 11.1. The molecule has 1 aromatic rings. The van der Waals surface area contributed by atoms with Crippen LogP contribution in [0, 0.1) is 0 Å². The van der Waals surface area contributed by atoms with Gasteiger partial charge >= 0.3 is 0 Å². The maximum atomic E-state index is 11.0. The SMILES string of the molecule is COc1nccnc1C1(O)CC(C)(C)OC1(C)C. The van der Waals surface area contributed by atoms with Gasteiger partial charge in [-0.25, -0.2) is 4.98 Å². The van der Waals surface area contributed by atoms with Crippen LogP contribution in [0.1, 0.15) is 39.8 Å². The summed E-state index contributed by atoms with van der Waals surface area (Å²) >= 11 is 0. The third-order valence-corrected chi connectivity index (χ3v) is 3.46. The molecule has 1 fully saturated rings. The van der Waals surface area contributed by atoms with Crippen molar-refractivity contribution in [1.29, 1.82) is 0 Å². The first-order valence-corrected chi connectivity index (χ1v) is 6.00. The molecule has 1 unspecified atom stereocenters. The number of aliphatic hydroxyl groups is 1. The number of hydrogen-bond acceptors (Lipinski definition) is 5. The lowest BCUT2D eigenvalue weighted by Gasteiger charge is -2.34. The number of methoxy groups -OCH3 is 1. The van der Waals surface area contributed by atoms with Crippen molar-refractivity contribution in [2.45, 2.75) is 50.9 Å². The Morgan fingerprint density at radius 3 is 2.33 bits per heavy atom. The van der Waals surface area contributed by atoms with E-state index in [2.05, 4.69) is 9.97 Å². The van der Waals surface area contributed by atoms with Crippen LogP contribution >= 0.6 is 0 Å². The Morgan fingerprint density at radius 2 is 1.83 bits per heavy atom. The smallest absolute Gasteiger partial charge is 0.238 e. The van der Waals surface area contributed by atoms with Crippen molar-refractivity contribution in [2.24, 2.45) is 0 Å². The van der Waals surface area contributed by atoms with Crippen LogP contribution in [0.25, 0.3) is 0 Å². The minimum Gasteiger partial charge on any atom is -0.480 e. The maximum Gasteiger partial charge on any atom is 0.238 e. The molecule has 0 saturated carbocycles. The molecule has 0 radical (unpaired) electrons. The van der Waals surface area contributed by atoms with Gasteiger partial charge in [0.25, 0.3) is 0 Å². The molecule has 1 aromatic heterocycles. The lowest BCUT2D eigenvalue weighted by Crippen LogP contribution is -2.44. The lowest BCUT2D eigenvalue weighted by molar-refractivity contribution is -0.132. The van der Waals surface area contributed by atoms with Gasteiger partial charge in [-0.1, -0.05) is 0 Å². The predicted molar refractivity (Wildman–Crippen MR) is 66.3 cm³/mol. The molecule has 1 aliphatic heterocycles. The van der Waals surface area contributed by atoms with Crippen molar-refractivity contribution in [3.63, 3.8) is 0 Å². The fourth-order valence-corrected chi connectivity index (χ4v) is 2.77. The normalized spacial score (nSPS) is 29.2. The Morgan fingerprint density at radius 1 is 1.22 bits per heavy atom. The van der Waals surface area contributed by atoms with Crippen molar-refractivity contribution < 1.29 is 14.6 Å². The van der Waals surface area contributed by atoms with Gasteiger partial charge in [-0.05, 0) is 27.7 Å². The minimum absolute atomic E-state index is 0.342. The molecule has 0 spiro atoms. The molecule has 1 atom stereocenters. The van der Waals surface area contributed by atoms with Crippen LogP contribution in [-0.2, 0) is 10.3 Å². The van der Waals surface area contributed by atoms with E-state index >= 15 is 0 Å². The highest BCUT2D eigenvalue weighted by atomic mass is 16.6. The fraction of sp³-hybridized carbons (Fsp3) is 0.692. The van der Waals surface area contributed by atoms with Crippen molar-refractivity contribution in [2.75, 3.05) is 7.11 Å². The van der Waals surface area contributed by atoms with Gasteiger partial charge in [-0.15, -0.1) is 0 Å². The molecule has 0 bridgehead atoms. The van der Waals surface area contributed by atoms with Crippen molar-refractivity contribution >= 4 is 0 Å². The second-order valence-corrected chi connectivity index (χ2v) is 5.82. The summed E-state index contributed by atoms with van der Waals surface area (Å²) in [5, 5.41) is 11.0. The van der Waals surface area contributed by atoms with Crippen LogP contribution in [0.4, 0.5) is 0 Å². The Bertz CT molecular complexity index is 459. The third-order valence-electron chi connectivity index (χ3n) is 3.46. The summed E-state index contributed by atoms with van der Waals surface area (Å²) in [4.78, 5) is 8.35. The first kappa shape index (κ1) is 13.2. The number of aromatic nitrogens is 2. The average Bonchev–Trinajstić information content (AvgIpc) is 2.43. The summed E-state index contributed by atoms with van der Waals surface area (Å²) in [5.74, 6) is 0.342. The standard InChI is InChI=1S/C13H20N2O3/c1-11(2)8-13(16,12(3,4)18-11)9-10(17-5)15-7-6-14-9/h6-7,16H,8H2,1-5H3. The molecule has 2 rings (SSSR count). The second-order valence-electron chi connectivity index (χ2n) is 5.82. The van der Waals surface area contributed by atoms with E-state index < -0.39 is 16.8 Å². The number of nitrogens with zero attached hydrogens (tertiary/aromatic N) is 2. The van der Waals surface area contributed by atoms with Gasteiger partial charge in [0.2, 0.25) is 5.88 Å². The molecular weight excluding hydrogens is 232 g/mol. The van der Waals surface area contributed by atoms with Gasteiger partial charge < -0.3 is 14.6 Å². The quantitative estimate of drug-likeness (QED) is 0.867. The van der Waals surface area contributed by atoms with E-state index in [0.717, 1.165) is 0 Å². The van der Waals surface area contributed by atoms with Crippen LogP contribution in [-0.4, -0.2) is 33.4 Å². The fourth-order valence-electron chi connectivity index (χ4n) is 2.77. The lowest BCUT2D eigenvalue weighted by atomic mass is 9.80. The van der Waals surface area contributed by atoms with Crippen molar-refractivity contribution in [3.8, 4) is 5.88 Å². The Kier molecular flexibility index (Phi) is 2.87. The zero-order valence-corrected chi connectivity index (χ0v) is 11.5. The van der Waals surface area contributed by atoms with E-state index in [1.165, 1.54) is 7.11 Å². The van der Waals surface area contributed by atoms with Crippen LogP contribution < -0.4 is 4.74 Å². The summed E-state index contributed by atoms with van der Waals surface area (Å²) in [6.07, 6.45) is 3.54. The van der Waals surface area contributed by atoms with E-state index in [4.69, 9.17) is 9.47 Å². The Labute approximate surface area is 107 Å². The summed E-state index contributed by atoms with van der Waals surface area (Å²) in [6.45, 7) is 7.62. The highest BCUT2D eigenvalue weighted by molar-refractivity contribution is 5.30. The van der Waals surface area contributed by atoms with E-state index in [1.54, 1.807) is 12.4 Å². The summed E-state index contributed by atoms with van der Waals surface area (Å²) in [7, 11) is 1.52. The molecule has 5 heteroatoms. The van der Waals surface area contributed by atoms with Gasteiger partial charge in [-0.2, -0.15) is 0 Å². The largest absolute Gasteiger partial charge is 0.480 e. The first-order valence-electron chi connectivity index (χ1n) is 6.00. The molecule has 0 aromatic carbocycles. The molecule has 1 N–H and O–H groups in total. The van der Waals surface area contributed by atoms with Crippen molar-refractivity contribution in [3.05, 3.63) is 18.1 Å². The summed E-state index contributed by atoms with van der Waals surface area (Å²) in [6, 6.07) is 0. The van der Waals surface area contributed by atoms with E-state index in [1.807, 2.05) is 27.7 Å². The predicted octanol–water partition coefficient (Wildman–Crippen LogP) is 1.65. The Balaban J connectivity index is 2.54.